The number of para-hydroxylation sites is 2. The van der Waals surface area contributed by atoms with Gasteiger partial charge in [0.2, 0.25) is 0 Å². The molecule has 2 aromatic heterocycles. The third kappa shape index (κ3) is 2.73. The highest BCUT2D eigenvalue weighted by atomic mass is 16.5. The number of benzene rings is 4. The second kappa shape index (κ2) is 7.45. The molecule has 0 saturated carbocycles. The number of hydrogen-bond donors (Lipinski definition) is 1. The van der Waals surface area contributed by atoms with Gasteiger partial charge in [0, 0.05) is 39.7 Å². The van der Waals surface area contributed by atoms with Gasteiger partial charge in [-0.3, -0.25) is 0 Å². The fraction of sp³-hybridized carbons (Fsp3) is 0.172. The number of aryl methyl sites for hydroxylation is 1. The Bertz CT molecular complexity index is 1720. The summed E-state index contributed by atoms with van der Waals surface area (Å²) in [5.74, 6) is 1.52. The Morgan fingerprint density at radius 3 is 2.12 bits per heavy atom. The van der Waals surface area contributed by atoms with E-state index in [0.717, 1.165) is 60.9 Å². The lowest BCUT2D eigenvalue weighted by Gasteiger charge is -2.19. The Morgan fingerprint density at radius 1 is 0.706 bits per heavy atom. The van der Waals surface area contributed by atoms with Crippen molar-refractivity contribution < 1.29 is 14.7 Å². The first kappa shape index (κ1) is 20.5. The molecule has 6 aromatic rings. The molecule has 5 heteroatoms. The van der Waals surface area contributed by atoms with Gasteiger partial charge in [0.1, 0.15) is 11.5 Å². The van der Waals surface area contributed by atoms with E-state index >= 15 is 0 Å². The molecule has 0 unspecified atom stereocenters. The lowest BCUT2D eigenvalue weighted by Crippen LogP contribution is -2.07. The van der Waals surface area contributed by atoms with Crippen LogP contribution in [0.25, 0.3) is 54.7 Å². The van der Waals surface area contributed by atoms with Crippen molar-refractivity contribution in [1.82, 2.24) is 9.30 Å². The van der Waals surface area contributed by atoms with E-state index in [1.807, 2.05) is 56.3 Å². The van der Waals surface area contributed by atoms with Crippen LogP contribution in [0.1, 0.15) is 13.8 Å². The molecule has 4 aromatic carbocycles. The molecule has 0 aliphatic rings. The van der Waals surface area contributed by atoms with Gasteiger partial charge >= 0.3 is 0 Å². The Morgan fingerprint density at radius 2 is 1.38 bits per heavy atom. The fourth-order valence-corrected chi connectivity index (χ4v) is 5.29. The topological polar surface area (TPSA) is 48.5 Å². The molecule has 0 fully saturated rings. The van der Waals surface area contributed by atoms with Crippen LogP contribution in [0.15, 0.2) is 72.8 Å². The first-order valence-corrected chi connectivity index (χ1v) is 11.5. The lowest BCUT2D eigenvalue weighted by atomic mass is 9.95. The van der Waals surface area contributed by atoms with E-state index in [1.165, 1.54) is 10.1 Å². The third-order valence-electron chi connectivity index (χ3n) is 6.64. The van der Waals surface area contributed by atoms with Crippen molar-refractivity contribution in [3.63, 3.8) is 0 Å². The zero-order valence-electron chi connectivity index (χ0n) is 19.7. The molecule has 0 spiro atoms. The highest BCUT2D eigenvalue weighted by Crippen LogP contribution is 2.49. The van der Waals surface area contributed by atoms with Crippen LogP contribution in [-0.2, 0) is 7.05 Å². The average Bonchev–Trinajstić information content (AvgIpc) is 3.30. The minimum atomic E-state index is -0.0173. The largest absolute Gasteiger partial charge is 0.496 e. The van der Waals surface area contributed by atoms with E-state index in [4.69, 9.17) is 9.47 Å². The maximum Gasteiger partial charge on any atom is 0.128 e. The molecule has 0 saturated heterocycles. The molecule has 1 N–H and O–H groups in total. The van der Waals surface area contributed by atoms with E-state index in [2.05, 4.69) is 41.9 Å². The first-order valence-electron chi connectivity index (χ1n) is 11.5. The molecule has 170 valence electrons. The Balaban J connectivity index is 1.88. The van der Waals surface area contributed by atoms with Crippen LogP contribution in [-0.4, -0.2) is 27.7 Å². The van der Waals surface area contributed by atoms with Crippen molar-refractivity contribution in [3.8, 4) is 22.6 Å². The number of hydrogen-bond acceptors (Lipinski definition) is 3. The van der Waals surface area contributed by atoms with Crippen molar-refractivity contribution >= 4 is 43.6 Å². The smallest absolute Gasteiger partial charge is 0.128 e. The first-order chi connectivity index (χ1) is 16.5. The highest BCUT2D eigenvalue weighted by Gasteiger charge is 2.25. The van der Waals surface area contributed by atoms with Crippen LogP contribution in [0.4, 0.5) is 0 Å². The van der Waals surface area contributed by atoms with E-state index in [1.54, 1.807) is 7.11 Å². The van der Waals surface area contributed by atoms with Crippen molar-refractivity contribution in [1.29, 1.82) is 0 Å². The lowest BCUT2D eigenvalue weighted by molar-refractivity contribution is 0.212. The number of aromatic nitrogens is 2. The van der Waals surface area contributed by atoms with Gasteiger partial charge in [0.05, 0.1) is 35.3 Å². The van der Waals surface area contributed by atoms with Crippen molar-refractivity contribution in [2.75, 3.05) is 7.11 Å². The molecular formula is C29H26N2O3. The Labute approximate surface area is 197 Å². The standard InChI is InChI=1S/C29H26N2O3/c1-17(2)34-25-16-14-23-26(20-10-6-8-12-22(20)31(23)32)27(25)28-24(33-4)15-13-19-18-9-5-7-11-21(18)30(3)29(19)28/h5-17,32H,1-4H3. The predicted octanol–water partition coefficient (Wildman–Crippen LogP) is 7.14. The summed E-state index contributed by atoms with van der Waals surface area (Å²) in [5, 5.41) is 15.3. The number of ether oxygens (including phenoxy) is 2. The maximum absolute atomic E-state index is 11.0. The van der Waals surface area contributed by atoms with Crippen molar-refractivity contribution in [2.24, 2.45) is 7.05 Å². The van der Waals surface area contributed by atoms with Crippen LogP contribution in [0.5, 0.6) is 11.5 Å². The predicted molar refractivity (Wildman–Crippen MR) is 138 cm³/mol. The van der Waals surface area contributed by atoms with Gasteiger partial charge in [-0.1, -0.05) is 36.4 Å². The molecule has 0 atom stereocenters. The van der Waals surface area contributed by atoms with Gasteiger partial charge in [-0.2, -0.15) is 4.73 Å². The van der Waals surface area contributed by atoms with Gasteiger partial charge in [-0.05, 0) is 50.2 Å². The van der Waals surface area contributed by atoms with Crippen LogP contribution in [0.3, 0.4) is 0 Å². The summed E-state index contributed by atoms with van der Waals surface area (Å²) < 4.78 is 15.8. The monoisotopic (exact) mass is 450 g/mol. The molecule has 0 radical (unpaired) electrons. The summed E-state index contributed by atoms with van der Waals surface area (Å²) >= 11 is 0. The average molecular weight is 451 g/mol. The SMILES string of the molecule is COc1ccc2c3ccccc3n(C)c2c1-c1c(OC(C)C)ccc2c1c1ccccc1n2O. The number of fused-ring (bicyclic) bond motifs is 6. The summed E-state index contributed by atoms with van der Waals surface area (Å²) in [6.07, 6.45) is -0.0173. The van der Waals surface area contributed by atoms with Gasteiger partial charge in [-0.15, -0.1) is 0 Å². The van der Waals surface area contributed by atoms with Gasteiger partial charge in [0.15, 0.2) is 0 Å². The molecular weight excluding hydrogens is 424 g/mol. The fourth-order valence-electron chi connectivity index (χ4n) is 5.29. The molecule has 5 nitrogen and oxygen atoms in total. The van der Waals surface area contributed by atoms with E-state index in [9.17, 15) is 5.21 Å². The zero-order valence-corrected chi connectivity index (χ0v) is 19.7. The normalized spacial score (nSPS) is 11.9. The molecule has 34 heavy (non-hydrogen) atoms. The molecule has 0 aliphatic heterocycles. The van der Waals surface area contributed by atoms with Crippen LogP contribution >= 0.6 is 0 Å². The number of nitrogens with zero attached hydrogens (tertiary/aromatic N) is 2. The number of rotatable bonds is 4. The third-order valence-corrected chi connectivity index (χ3v) is 6.64. The zero-order chi connectivity index (χ0) is 23.6. The van der Waals surface area contributed by atoms with E-state index < -0.39 is 0 Å². The van der Waals surface area contributed by atoms with Gasteiger partial charge < -0.3 is 19.2 Å². The van der Waals surface area contributed by atoms with Crippen LogP contribution in [0.2, 0.25) is 0 Å². The summed E-state index contributed by atoms with van der Waals surface area (Å²) in [7, 11) is 3.79. The Kier molecular flexibility index (Phi) is 4.49. The molecule has 0 bridgehead atoms. The summed E-state index contributed by atoms with van der Waals surface area (Å²) in [4.78, 5) is 0. The maximum atomic E-state index is 11.0. The molecule has 6 rings (SSSR count). The summed E-state index contributed by atoms with van der Waals surface area (Å²) in [6, 6.07) is 24.3. The highest BCUT2D eigenvalue weighted by molar-refractivity contribution is 6.21. The van der Waals surface area contributed by atoms with Crippen LogP contribution < -0.4 is 9.47 Å². The van der Waals surface area contributed by atoms with Crippen molar-refractivity contribution in [2.45, 2.75) is 20.0 Å². The van der Waals surface area contributed by atoms with Gasteiger partial charge in [-0.25, -0.2) is 0 Å². The summed E-state index contributed by atoms with van der Waals surface area (Å²) in [5.41, 5.74) is 5.57. The molecule has 2 heterocycles. The Hall–Kier alpha value is -4.12. The number of methoxy groups -OCH3 is 1. The molecule has 0 amide bonds. The quantitative estimate of drug-likeness (QED) is 0.290. The minimum absolute atomic E-state index is 0.0173. The minimum Gasteiger partial charge on any atom is -0.496 e. The van der Waals surface area contributed by atoms with E-state index in [0.29, 0.717) is 0 Å². The van der Waals surface area contributed by atoms with Crippen LogP contribution in [0, 0.1) is 0 Å². The second-order valence-electron chi connectivity index (χ2n) is 8.94. The van der Waals surface area contributed by atoms with Crippen molar-refractivity contribution in [3.05, 3.63) is 72.8 Å². The van der Waals surface area contributed by atoms with Gasteiger partial charge in [0.25, 0.3) is 0 Å². The second-order valence-corrected chi connectivity index (χ2v) is 8.94. The summed E-state index contributed by atoms with van der Waals surface area (Å²) in [6.45, 7) is 4.05. The molecule has 0 aliphatic carbocycles. The van der Waals surface area contributed by atoms with E-state index in [-0.39, 0.29) is 6.10 Å².